The average molecular weight is 344 g/mol. The SMILES string of the molecule is COc1ccc(Cl)cc1C(=O)n1c(C)c(C(=O)O)c2ccccc21. The van der Waals surface area contributed by atoms with E-state index in [1.807, 2.05) is 0 Å². The topological polar surface area (TPSA) is 68.5 Å². The Morgan fingerprint density at radius 1 is 1.17 bits per heavy atom. The van der Waals surface area contributed by atoms with Gasteiger partial charge < -0.3 is 9.84 Å². The number of ether oxygens (including phenoxy) is 1. The van der Waals surface area contributed by atoms with Crippen LogP contribution in [0.3, 0.4) is 0 Å². The average Bonchev–Trinajstić information content (AvgIpc) is 2.86. The number of aromatic carboxylic acids is 1. The highest BCUT2D eigenvalue weighted by Gasteiger charge is 2.25. The molecule has 3 rings (SSSR count). The zero-order valence-corrected chi connectivity index (χ0v) is 13.8. The van der Waals surface area contributed by atoms with Crippen molar-refractivity contribution in [2.45, 2.75) is 6.92 Å². The molecule has 0 atom stereocenters. The van der Waals surface area contributed by atoms with Crippen LogP contribution in [0.4, 0.5) is 0 Å². The lowest BCUT2D eigenvalue weighted by molar-refractivity contribution is 0.0698. The van der Waals surface area contributed by atoms with Crippen molar-refractivity contribution in [2.24, 2.45) is 0 Å². The van der Waals surface area contributed by atoms with Crippen LogP contribution in [0, 0.1) is 6.92 Å². The summed E-state index contributed by atoms with van der Waals surface area (Å²) < 4.78 is 6.62. The summed E-state index contributed by atoms with van der Waals surface area (Å²) in [6.45, 7) is 1.61. The highest BCUT2D eigenvalue weighted by atomic mass is 35.5. The highest BCUT2D eigenvalue weighted by Crippen LogP contribution is 2.30. The first kappa shape index (κ1) is 16.1. The first-order valence-electron chi connectivity index (χ1n) is 7.17. The second-order valence-corrected chi connectivity index (χ2v) is 5.70. The molecule has 6 heteroatoms. The van der Waals surface area contributed by atoms with Crippen LogP contribution in [-0.2, 0) is 0 Å². The molecule has 1 N–H and O–H groups in total. The molecule has 2 aromatic carbocycles. The van der Waals surface area contributed by atoms with E-state index in [1.54, 1.807) is 43.3 Å². The predicted molar refractivity (Wildman–Crippen MR) is 91.4 cm³/mol. The summed E-state index contributed by atoms with van der Waals surface area (Å²) in [4.78, 5) is 24.7. The molecule has 24 heavy (non-hydrogen) atoms. The number of carboxylic acids is 1. The first-order chi connectivity index (χ1) is 11.5. The van der Waals surface area contributed by atoms with E-state index < -0.39 is 11.9 Å². The van der Waals surface area contributed by atoms with Gasteiger partial charge in [-0.15, -0.1) is 0 Å². The smallest absolute Gasteiger partial charge is 0.338 e. The maximum Gasteiger partial charge on any atom is 0.338 e. The number of carbonyl (C=O) groups excluding carboxylic acids is 1. The largest absolute Gasteiger partial charge is 0.496 e. The Morgan fingerprint density at radius 2 is 1.88 bits per heavy atom. The minimum absolute atomic E-state index is 0.111. The summed E-state index contributed by atoms with van der Waals surface area (Å²) in [6, 6.07) is 11.6. The number of para-hydroxylation sites is 1. The molecule has 0 radical (unpaired) electrons. The molecule has 0 fully saturated rings. The second-order valence-electron chi connectivity index (χ2n) is 5.27. The molecule has 0 unspecified atom stereocenters. The maximum absolute atomic E-state index is 13.1. The third-order valence-corrected chi connectivity index (χ3v) is 4.16. The molecule has 1 aromatic heterocycles. The van der Waals surface area contributed by atoms with Gasteiger partial charge in [0.25, 0.3) is 5.91 Å². The van der Waals surface area contributed by atoms with Crippen LogP contribution in [0.5, 0.6) is 5.75 Å². The second kappa shape index (κ2) is 6.02. The van der Waals surface area contributed by atoms with Crippen LogP contribution in [0.15, 0.2) is 42.5 Å². The fraction of sp³-hybridized carbons (Fsp3) is 0.111. The Labute approximate surface area is 143 Å². The fourth-order valence-corrected chi connectivity index (χ4v) is 3.04. The van der Waals surface area contributed by atoms with Crippen LogP contribution in [0.1, 0.15) is 26.4 Å². The molecule has 0 saturated heterocycles. The van der Waals surface area contributed by atoms with E-state index in [-0.39, 0.29) is 11.1 Å². The van der Waals surface area contributed by atoms with Crippen molar-refractivity contribution in [3.63, 3.8) is 0 Å². The van der Waals surface area contributed by atoms with Gasteiger partial charge in [0, 0.05) is 16.1 Å². The molecule has 0 aliphatic heterocycles. The molecule has 122 valence electrons. The standard InChI is InChI=1S/C18H14ClNO4/c1-10-16(18(22)23)12-5-3-4-6-14(12)20(10)17(21)13-9-11(19)7-8-15(13)24-2/h3-9H,1-2H3,(H,22,23). The van der Waals surface area contributed by atoms with Crippen molar-refractivity contribution in [3.8, 4) is 5.75 Å². The van der Waals surface area contributed by atoms with Gasteiger partial charge >= 0.3 is 5.97 Å². The lowest BCUT2D eigenvalue weighted by Gasteiger charge is -2.11. The van der Waals surface area contributed by atoms with E-state index in [2.05, 4.69) is 0 Å². The first-order valence-corrected chi connectivity index (χ1v) is 7.55. The Morgan fingerprint density at radius 3 is 2.54 bits per heavy atom. The van der Waals surface area contributed by atoms with E-state index in [0.717, 1.165) is 0 Å². The van der Waals surface area contributed by atoms with Crippen LogP contribution in [0.25, 0.3) is 10.9 Å². The van der Waals surface area contributed by atoms with Crippen LogP contribution in [0.2, 0.25) is 5.02 Å². The van der Waals surface area contributed by atoms with Crippen LogP contribution in [-0.4, -0.2) is 28.7 Å². The van der Waals surface area contributed by atoms with Crippen molar-refractivity contribution < 1.29 is 19.4 Å². The summed E-state index contributed by atoms with van der Waals surface area (Å²) in [6.07, 6.45) is 0. The number of hydrogen-bond donors (Lipinski definition) is 1. The molecular weight excluding hydrogens is 330 g/mol. The van der Waals surface area contributed by atoms with Crippen molar-refractivity contribution in [3.05, 3.63) is 64.3 Å². The van der Waals surface area contributed by atoms with Gasteiger partial charge in [-0.05, 0) is 31.2 Å². The van der Waals surface area contributed by atoms with Gasteiger partial charge in [0.2, 0.25) is 0 Å². The number of benzene rings is 2. The van der Waals surface area contributed by atoms with E-state index in [4.69, 9.17) is 16.3 Å². The van der Waals surface area contributed by atoms with E-state index in [0.29, 0.717) is 27.4 Å². The third-order valence-electron chi connectivity index (χ3n) is 3.92. The zero-order chi connectivity index (χ0) is 17.4. The minimum atomic E-state index is -1.08. The van der Waals surface area contributed by atoms with Crippen LogP contribution < -0.4 is 4.74 Å². The monoisotopic (exact) mass is 343 g/mol. The van der Waals surface area contributed by atoms with Gasteiger partial charge in [0.15, 0.2) is 0 Å². The molecular formula is C18H14ClNO4. The van der Waals surface area contributed by atoms with Gasteiger partial charge in [0.05, 0.1) is 23.8 Å². The van der Waals surface area contributed by atoms with Gasteiger partial charge in [-0.25, -0.2) is 4.79 Å². The predicted octanol–water partition coefficient (Wildman–Crippen LogP) is 4.00. The number of halogens is 1. The normalized spacial score (nSPS) is 10.8. The summed E-state index contributed by atoms with van der Waals surface area (Å²) in [5.74, 6) is -1.10. The minimum Gasteiger partial charge on any atom is -0.496 e. The molecule has 0 aliphatic rings. The fourth-order valence-electron chi connectivity index (χ4n) is 2.87. The zero-order valence-electron chi connectivity index (χ0n) is 13.0. The molecule has 0 amide bonds. The summed E-state index contributed by atoms with van der Waals surface area (Å²) in [7, 11) is 1.46. The number of fused-ring (bicyclic) bond motifs is 1. The number of aromatic nitrogens is 1. The molecule has 1 heterocycles. The van der Waals surface area contributed by atoms with Gasteiger partial charge in [-0.2, -0.15) is 0 Å². The van der Waals surface area contributed by atoms with E-state index >= 15 is 0 Å². The lowest BCUT2D eigenvalue weighted by Crippen LogP contribution is -2.15. The molecule has 5 nitrogen and oxygen atoms in total. The Balaban J connectivity index is 2.31. The number of methoxy groups -OCH3 is 1. The van der Waals surface area contributed by atoms with Crippen molar-refractivity contribution in [1.29, 1.82) is 0 Å². The number of carbonyl (C=O) groups is 2. The summed E-state index contributed by atoms with van der Waals surface area (Å²) in [5.41, 5.74) is 1.26. The molecule has 0 saturated carbocycles. The highest BCUT2D eigenvalue weighted by molar-refractivity contribution is 6.31. The maximum atomic E-state index is 13.1. The Bertz CT molecular complexity index is 975. The molecule has 0 aliphatic carbocycles. The van der Waals surface area contributed by atoms with Gasteiger partial charge in [-0.1, -0.05) is 29.8 Å². The van der Waals surface area contributed by atoms with Crippen molar-refractivity contribution in [1.82, 2.24) is 4.57 Å². The summed E-state index contributed by atoms with van der Waals surface area (Å²) in [5, 5.41) is 10.4. The van der Waals surface area contributed by atoms with Crippen molar-refractivity contribution >= 4 is 34.4 Å². The quantitative estimate of drug-likeness (QED) is 0.780. The summed E-state index contributed by atoms with van der Waals surface area (Å²) >= 11 is 6.01. The molecule has 3 aromatic rings. The number of rotatable bonds is 3. The molecule has 0 bridgehead atoms. The lowest BCUT2D eigenvalue weighted by atomic mass is 10.1. The number of nitrogens with zero attached hydrogens (tertiary/aromatic N) is 1. The van der Waals surface area contributed by atoms with E-state index in [9.17, 15) is 14.7 Å². The van der Waals surface area contributed by atoms with Crippen molar-refractivity contribution in [2.75, 3.05) is 7.11 Å². The Kier molecular flexibility index (Phi) is 4.03. The van der Waals surface area contributed by atoms with E-state index in [1.165, 1.54) is 17.7 Å². The molecule has 0 spiro atoms. The number of carboxylic acid groups (broad SMARTS) is 1. The Hall–Kier alpha value is -2.79. The van der Waals surface area contributed by atoms with Gasteiger partial charge in [-0.3, -0.25) is 9.36 Å². The third kappa shape index (κ3) is 2.43. The van der Waals surface area contributed by atoms with Gasteiger partial charge in [0.1, 0.15) is 5.75 Å². The van der Waals surface area contributed by atoms with Crippen LogP contribution >= 0.6 is 11.6 Å². The number of hydrogen-bond acceptors (Lipinski definition) is 3.